The standard InChI is InChI=1S/C15H26O2Si/c1-11-8-12(2)14(9-13(11)10-16)17-18(6,7)15(3,4)5/h10,14H,2,8-9H2,1,3-7H3/t14-/m1/s1. The van der Waals surface area contributed by atoms with Crippen molar-refractivity contribution in [1.29, 1.82) is 0 Å². The average Bonchev–Trinajstić information content (AvgIpc) is 2.20. The molecule has 102 valence electrons. The largest absolute Gasteiger partial charge is 0.410 e. The predicted octanol–water partition coefficient (Wildman–Crippen LogP) is 4.24. The number of carbonyl (C=O) groups excluding carboxylic acids is 1. The maximum atomic E-state index is 11.1. The van der Waals surface area contributed by atoms with E-state index in [1.165, 1.54) is 0 Å². The van der Waals surface area contributed by atoms with Gasteiger partial charge in [-0.15, -0.1) is 0 Å². The Morgan fingerprint density at radius 3 is 2.39 bits per heavy atom. The van der Waals surface area contributed by atoms with Gasteiger partial charge in [-0.2, -0.15) is 0 Å². The molecule has 3 heteroatoms. The van der Waals surface area contributed by atoms with Crippen molar-refractivity contribution in [2.24, 2.45) is 0 Å². The zero-order valence-corrected chi connectivity index (χ0v) is 13.6. The summed E-state index contributed by atoms with van der Waals surface area (Å²) in [5.74, 6) is 0. The van der Waals surface area contributed by atoms with Crippen molar-refractivity contribution in [1.82, 2.24) is 0 Å². The van der Waals surface area contributed by atoms with Crippen molar-refractivity contribution in [3.05, 3.63) is 23.3 Å². The van der Waals surface area contributed by atoms with Gasteiger partial charge in [-0.25, -0.2) is 0 Å². The zero-order valence-electron chi connectivity index (χ0n) is 12.6. The Hall–Kier alpha value is -0.673. The minimum atomic E-state index is -1.80. The summed E-state index contributed by atoms with van der Waals surface area (Å²) in [6, 6.07) is 0. The van der Waals surface area contributed by atoms with Crippen LogP contribution in [0.4, 0.5) is 0 Å². The van der Waals surface area contributed by atoms with Crippen LogP contribution < -0.4 is 0 Å². The lowest BCUT2D eigenvalue weighted by atomic mass is 9.88. The van der Waals surface area contributed by atoms with Gasteiger partial charge in [0.2, 0.25) is 0 Å². The molecule has 1 rings (SSSR count). The van der Waals surface area contributed by atoms with E-state index in [2.05, 4.69) is 40.4 Å². The highest BCUT2D eigenvalue weighted by atomic mass is 28.4. The van der Waals surface area contributed by atoms with Crippen molar-refractivity contribution < 1.29 is 9.22 Å². The van der Waals surface area contributed by atoms with E-state index in [-0.39, 0.29) is 11.1 Å². The highest BCUT2D eigenvalue weighted by Gasteiger charge is 2.40. The van der Waals surface area contributed by atoms with Gasteiger partial charge in [0.05, 0.1) is 6.10 Å². The SMILES string of the molecule is C=C1CC(C)=C(C=O)C[C@H]1O[Si](C)(C)C(C)(C)C. The number of hydrogen-bond donors (Lipinski definition) is 0. The fourth-order valence-corrected chi connectivity index (χ4v) is 3.21. The summed E-state index contributed by atoms with van der Waals surface area (Å²) in [4.78, 5) is 11.1. The van der Waals surface area contributed by atoms with Crippen LogP contribution in [-0.2, 0) is 9.22 Å². The first kappa shape index (κ1) is 15.4. The van der Waals surface area contributed by atoms with Gasteiger partial charge in [0.1, 0.15) is 6.29 Å². The third-order valence-corrected chi connectivity index (χ3v) is 8.77. The Kier molecular flexibility index (Phi) is 4.39. The Labute approximate surface area is 112 Å². The van der Waals surface area contributed by atoms with E-state index in [1.54, 1.807) is 0 Å². The molecule has 1 aliphatic carbocycles. The molecule has 0 amide bonds. The van der Waals surface area contributed by atoms with E-state index < -0.39 is 8.32 Å². The van der Waals surface area contributed by atoms with Gasteiger partial charge in [0.15, 0.2) is 8.32 Å². The number of carbonyl (C=O) groups is 1. The molecule has 0 radical (unpaired) electrons. The quantitative estimate of drug-likeness (QED) is 0.434. The van der Waals surface area contributed by atoms with E-state index >= 15 is 0 Å². The fourth-order valence-electron chi connectivity index (χ4n) is 1.89. The molecule has 0 aliphatic heterocycles. The third-order valence-electron chi connectivity index (χ3n) is 4.29. The van der Waals surface area contributed by atoms with Crippen molar-refractivity contribution in [2.75, 3.05) is 0 Å². The van der Waals surface area contributed by atoms with Crippen LogP contribution in [0.25, 0.3) is 0 Å². The van der Waals surface area contributed by atoms with Crippen LogP contribution in [0.3, 0.4) is 0 Å². The summed E-state index contributed by atoms with van der Waals surface area (Å²) < 4.78 is 6.38. The number of allylic oxidation sites excluding steroid dienone is 1. The van der Waals surface area contributed by atoms with Gasteiger partial charge in [-0.3, -0.25) is 4.79 Å². The predicted molar refractivity (Wildman–Crippen MR) is 79.2 cm³/mol. The second-order valence-electron chi connectivity index (χ2n) is 6.83. The Bertz CT molecular complexity index is 386. The molecule has 0 spiro atoms. The molecule has 1 atom stereocenters. The summed E-state index contributed by atoms with van der Waals surface area (Å²) in [6.45, 7) is 17.3. The molecule has 18 heavy (non-hydrogen) atoms. The maximum Gasteiger partial charge on any atom is 0.192 e. The molecular weight excluding hydrogens is 240 g/mol. The second-order valence-corrected chi connectivity index (χ2v) is 11.6. The molecular formula is C15H26O2Si. The maximum absolute atomic E-state index is 11.1. The molecule has 1 aliphatic rings. The molecule has 0 aromatic rings. The molecule has 0 saturated carbocycles. The second kappa shape index (κ2) is 5.14. The van der Waals surface area contributed by atoms with E-state index in [4.69, 9.17) is 4.43 Å². The Morgan fingerprint density at radius 2 is 1.94 bits per heavy atom. The molecule has 0 heterocycles. The first-order valence-electron chi connectivity index (χ1n) is 6.58. The van der Waals surface area contributed by atoms with Crippen LogP contribution >= 0.6 is 0 Å². The topological polar surface area (TPSA) is 26.3 Å². The van der Waals surface area contributed by atoms with Crippen LogP contribution in [0.1, 0.15) is 40.5 Å². The molecule has 0 bridgehead atoms. The van der Waals surface area contributed by atoms with Gasteiger partial charge >= 0.3 is 0 Å². The zero-order chi connectivity index (χ0) is 14.1. The summed E-state index contributed by atoms with van der Waals surface area (Å²) in [6.07, 6.45) is 2.49. The van der Waals surface area contributed by atoms with Gasteiger partial charge in [-0.05, 0) is 42.6 Å². The van der Waals surface area contributed by atoms with Crippen molar-refractivity contribution in [3.8, 4) is 0 Å². The summed E-state index contributed by atoms with van der Waals surface area (Å²) in [5.41, 5.74) is 3.15. The Morgan fingerprint density at radius 1 is 1.39 bits per heavy atom. The van der Waals surface area contributed by atoms with E-state index in [1.807, 2.05) is 6.92 Å². The molecule has 0 fully saturated rings. The first-order chi connectivity index (χ1) is 8.08. The van der Waals surface area contributed by atoms with Crippen molar-refractivity contribution in [2.45, 2.75) is 64.8 Å². The van der Waals surface area contributed by atoms with Gasteiger partial charge in [-0.1, -0.05) is 32.9 Å². The normalized spacial score (nSPS) is 22.3. The first-order valence-corrected chi connectivity index (χ1v) is 9.48. The van der Waals surface area contributed by atoms with Crippen molar-refractivity contribution in [3.63, 3.8) is 0 Å². The lowest BCUT2D eigenvalue weighted by Gasteiger charge is -2.41. The molecule has 0 saturated heterocycles. The van der Waals surface area contributed by atoms with Gasteiger partial charge in [0, 0.05) is 6.42 Å². The molecule has 0 aromatic carbocycles. The van der Waals surface area contributed by atoms with Crippen LogP contribution in [0.2, 0.25) is 18.1 Å². The number of rotatable bonds is 3. The highest BCUT2D eigenvalue weighted by molar-refractivity contribution is 6.74. The molecule has 2 nitrogen and oxygen atoms in total. The minimum absolute atomic E-state index is 0.0230. The lowest BCUT2D eigenvalue weighted by Crippen LogP contribution is -2.45. The number of aldehydes is 1. The average molecular weight is 266 g/mol. The summed E-state index contributed by atoms with van der Waals surface area (Å²) in [5, 5.41) is 0.185. The lowest BCUT2D eigenvalue weighted by molar-refractivity contribution is -0.105. The molecule has 0 N–H and O–H groups in total. The van der Waals surface area contributed by atoms with Crippen LogP contribution in [0.15, 0.2) is 23.3 Å². The van der Waals surface area contributed by atoms with Crippen LogP contribution in [0.5, 0.6) is 0 Å². The minimum Gasteiger partial charge on any atom is -0.410 e. The summed E-state index contributed by atoms with van der Waals surface area (Å²) in [7, 11) is -1.80. The van der Waals surface area contributed by atoms with Crippen molar-refractivity contribution >= 4 is 14.6 Å². The molecule has 0 unspecified atom stereocenters. The van der Waals surface area contributed by atoms with Gasteiger partial charge < -0.3 is 4.43 Å². The monoisotopic (exact) mass is 266 g/mol. The third kappa shape index (κ3) is 3.21. The summed E-state index contributed by atoms with van der Waals surface area (Å²) >= 11 is 0. The highest BCUT2D eigenvalue weighted by Crippen LogP contribution is 2.40. The van der Waals surface area contributed by atoms with Crippen LogP contribution in [0, 0.1) is 0 Å². The van der Waals surface area contributed by atoms with Gasteiger partial charge in [0.25, 0.3) is 0 Å². The smallest absolute Gasteiger partial charge is 0.192 e. The molecule has 0 aromatic heterocycles. The van der Waals surface area contributed by atoms with E-state index in [0.29, 0.717) is 6.42 Å². The van der Waals surface area contributed by atoms with Crippen LogP contribution in [-0.4, -0.2) is 20.7 Å². The fraction of sp³-hybridized carbons (Fsp3) is 0.667. The van der Waals surface area contributed by atoms with E-state index in [0.717, 1.165) is 29.4 Å². The Balaban J connectivity index is 2.87. The van der Waals surface area contributed by atoms with E-state index in [9.17, 15) is 4.79 Å². The number of hydrogen-bond acceptors (Lipinski definition) is 2.